The number of nitrogens with two attached hydrogens (primary N) is 1. The summed E-state index contributed by atoms with van der Waals surface area (Å²) in [6.45, 7) is 3.10. The minimum Gasteiger partial charge on any atom is -0.480 e. The molecule has 0 fully saturated rings. The summed E-state index contributed by atoms with van der Waals surface area (Å²) >= 11 is 0. The lowest BCUT2D eigenvalue weighted by molar-refractivity contribution is -0.143. The fraction of sp³-hybridized carbons (Fsp3) is 0.538. The van der Waals surface area contributed by atoms with Gasteiger partial charge in [-0.15, -0.1) is 0 Å². The second-order valence-electron chi connectivity index (χ2n) is 5.17. The highest BCUT2D eigenvalue weighted by Crippen LogP contribution is 2.04. The Labute approximate surface area is 127 Å². The number of hydrogen-bond acceptors (Lipinski definition) is 5. The van der Waals surface area contributed by atoms with Crippen molar-refractivity contribution in [2.45, 2.75) is 32.4 Å². The minimum absolute atomic E-state index is 0.155. The average molecular weight is 311 g/mol. The fourth-order valence-corrected chi connectivity index (χ4v) is 1.85. The molecule has 22 heavy (non-hydrogen) atoms. The first-order valence-electron chi connectivity index (χ1n) is 6.85. The molecule has 0 spiro atoms. The summed E-state index contributed by atoms with van der Waals surface area (Å²) < 4.78 is 0. The third-order valence-corrected chi connectivity index (χ3v) is 3.05. The average Bonchev–Trinajstić information content (AvgIpc) is 2.95. The lowest BCUT2D eigenvalue weighted by atomic mass is 10.0. The van der Waals surface area contributed by atoms with Crippen molar-refractivity contribution in [2.75, 3.05) is 6.54 Å². The number of carboxylic acids is 1. The summed E-state index contributed by atoms with van der Waals surface area (Å²) in [6.07, 6.45) is 3.12. The maximum absolute atomic E-state index is 12.3. The Morgan fingerprint density at radius 1 is 1.36 bits per heavy atom. The standard InChI is InChI=1S/C13H21N5O4/c1-7(2)11(13(21)22)18-12(20)9(17-10(19)4-14)3-8-5-15-6-16-8/h5-7,9,11H,3-4,14H2,1-2H3,(H,15,16)(H,17,19)(H,18,20)(H,21,22). The number of aromatic nitrogens is 2. The molecule has 1 rings (SSSR count). The van der Waals surface area contributed by atoms with Crippen molar-refractivity contribution in [3.05, 3.63) is 18.2 Å². The zero-order chi connectivity index (χ0) is 16.7. The molecule has 9 nitrogen and oxygen atoms in total. The van der Waals surface area contributed by atoms with Gasteiger partial charge < -0.3 is 26.5 Å². The fourth-order valence-electron chi connectivity index (χ4n) is 1.85. The molecule has 0 aliphatic rings. The van der Waals surface area contributed by atoms with Gasteiger partial charge in [0.05, 0.1) is 12.9 Å². The van der Waals surface area contributed by atoms with Crippen molar-refractivity contribution < 1.29 is 19.5 Å². The van der Waals surface area contributed by atoms with Gasteiger partial charge in [-0.25, -0.2) is 9.78 Å². The van der Waals surface area contributed by atoms with E-state index < -0.39 is 29.9 Å². The monoisotopic (exact) mass is 311 g/mol. The van der Waals surface area contributed by atoms with E-state index in [9.17, 15) is 14.4 Å². The largest absolute Gasteiger partial charge is 0.480 e. The molecule has 0 aromatic carbocycles. The number of imidazole rings is 1. The summed E-state index contributed by atoms with van der Waals surface area (Å²) in [5, 5.41) is 14.0. The van der Waals surface area contributed by atoms with E-state index in [0.717, 1.165) is 0 Å². The van der Waals surface area contributed by atoms with Gasteiger partial charge in [-0.2, -0.15) is 0 Å². The predicted octanol–water partition coefficient (Wildman–Crippen LogP) is -1.38. The molecule has 6 N–H and O–H groups in total. The first-order chi connectivity index (χ1) is 10.3. The van der Waals surface area contributed by atoms with Crippen molar-refractivity contribution in [2.24, 2.45) is 11.7 Å². The smallest absolute Gasteiger partial charge is 0.326 e. The van der Waals surface area contributed by atoms with Gasteiger partial charge in [0.25, 0.3) is 0 Å². The Morgan fingerprint density at radius 2 is 2.05 bits per heavy atom. The van der Waals surface area contributed by atoms with Crippen LogP contribution >= 0.6 is 0 Å². The maximum Gasteiger partial charge on any atom is 0.326 e. The summed E-state index contributed by atoms with van der Waals surface area (Å²) in [6, 6.07) is -1.97. The molecule has 1 aromatic heterocycles. The van der Waals surface area contributed by atoms with Crippen LogP contribution in [0.5, 0.6) is 0 Å². The van der Waals surface area contributed by atoms with Crippen molar-refractivity contribution in [3.63, 3.8) is 0 Å². The zero-order valence-electron chi connectivity index (χ0n) is 12.5. The number of carboxylic acid groups (broad SMARTS) is 1. The SMILES string of the molecule is CC(C)C(NC(=O)C(Cc1cnc[nH]1)NC(=O)CN)C(=O)O. The van der Waals surface area contributed by atoms with Gasteiger partial charge in [-0.05, 0) is 5.92 Å². The molecule has 0 radical (unpaired) electrons. The molecule has 122 valence electrons. The van der Waals surface area contributed by atoms with E-state index in [1.807, 2.05) is 0 Å². The highest BCUT2D eigenvalue weighted by Gasteiger charge is 2.28. The number of amides is 2. The number of aliphatic carboxylic acids is 1. The van der Waals surface area contributed by atoms with E-state index in [1.165, 1.54) is 12.5 Å². The molecule has 1 aromatic rings. The summed E-state index contributed by atoms with van der Waals surface area (Å²) in [4.78, 5) is 41.5. The number of nitrogens with one attached hydrogen (secondary N) is 3. The highest BCUT2D eigenvalue weighted by atomic mass is 16.4. The van der Waals surface area contributed by atoms with Crippen LogP contribution in [-0.2, 0) is 20.8 Å². The maximum atomic E-state index is 12.3. The normalized spacial score (nSPS) is 13.5. The Kier molecular flexibility index (Phi) is 6.51. The molecule has 0 bridgehead atoms. The van der Waals surface area contributed by atoms with Gasteiger partial charge in [-0.3, -0.25) is 9.59 Å². The third kappa shape index (κ3) is 5.17. The minimum atomic E-state index is -1.13. The van der Waals surface area contributed by atoms with E-state index in [1.54, 1.807) is 13.8 Å². The van der Waals surface area contributed by atoms with Crippen LogP contribution in [0.2, 0.25) is 0 Å². The van der Waals surface area contributed by atoms with E-state index >= 15 is 0 Å². The summed E-state index contributed by atoms with van der Waals surface area (Å²) in [7, 11) is 0. The second kappa shape index (κ2) is 8.13. The lowest BCUT2D eigenvalue weighted by Crippen LogP contribution is -2.54. The van der Waals surface area contributed by atoms with Crippen LogP contribution in [0.3, 0.4) is 0 Å². The van der Waals surface area contributed by atoms with Crippen LogP contribution in [0, 0.1) is 5.92 Å². The van der Waals surface area contributed by atoms with Crippen molar-refractivity contribution in [1.29, 1.82) is 0 Å². The summed E-state index contributed by atoms with van der Waals surface area (Å²) in [5.41, 5.74) is 5.87. The topological polar surface area (TPSA) is 150 Å². The third-order valence-electron chi connectivity index (χ3n) is 3.05. The van der Waals surface area contributed by atoms with E-state index in [-0.39, 0.29) is 18.9 Å². The van der Waals surface area contributed by atoms with Crippen LogP contribution in [0.4, 0.5) is 0 Å². The van der Waals surface area contributed by atoms with Crippen LogP contribution in [-0.4, -0.2) is 51.5 Å². The van der Waals surface area contributed by atoms with Crippen LogP contribution < -0.4 is 16.4 Å². The van der Waals surface area contributed by atoms with E-state index in [0.29, 0.717) is 5.69 Å². The van der Waals surface area contributed by atoms with Crippen molar-refractivity contribution in [1.82, 2.24) is 20.6 Å². The predicted molar refractivity (Wildman–Crippen MR) is 77.7 cm³/mol. The number of rotatable bonds is 8. The number of H-pyrrole nitrogens is 1. The molecule has 2 unspecified atom stereocenters. The van der Waals surface area contributed by atoms with Crippen molar-refractivity contribution >= 4 is 17.8 Å². The number of aromatic amines is 1. The van der Waals surface area contributed by atoms with Gasteiger partial charge in [0.2, 0.25) is 11.8 Å². The zero-order valence-corrected chi connectivity index (χ0v) is 12.5. The van der Waals surface area contributed by atoms with E-state index in [4.69, 9.17) is 10.8 Å². The number of hydrogen-bond donors (Lipinski definition) is 5. The van der Waals surface area contributed by atoms with Gasteiger partial charge >= 0.3 is 5.97 Å². The van der Waals surface area contributed by atoms with Crippen LogP contribution in [0.25, 0.3) is 0 Å². The Morgan fingerprint density at radius 3 is 2.50 bits per heavy atom. The molecular formula is C13H21N5O4. The van der Waals surface area contributed by atoms with Crippen LogP contribution in [0.1, 0.15) is 19.5 Å². The quantitative estimate of drug-likeness (QED) is 0.399. The number of carbonyl (C=O) groups excluding carboxylic acids is 2. The lowest BCUT2D eigenvalue weighted by Gasteiger charge is -2.22. The Hall–Kier alpha value is -2.42. The van der Waals surface area contributed by atoms with Gasteiger partial charge in [0.15, 0.2) is 0 Å². The highest BCUT2D eigenvalue weighted by molar-refractivity contribution is 5.91. The molecule has 0 aliphatic carbocycles. The molecule has 0 saturated heterocycles. The number of carbonyl (C=O) groups is 3. The first-order valence-corrected chi connectivity index (χ1v) is 6.85. The molecule has 0 saturated carbocycles. The second-order valence-corrected chi connectivity index (χ2v) is 5.17. The van der Waals surface area contributed by atoms with Gasteiger partial charge in [-0.1, -0.05) is 13.8 Å². The van der Waals surface area contributed by atoms with Gasteiger partial charge in [0.1, 0.15) is 12.1 Å². The van der Waals surface area contributed by atoms with Crippen LogP contribution in [0.15, 0.2) is 12.5 Å². The molecule has 2 amide bonds. The van der Waals surface area contributed by atoms with Crippen molar-refractivity contribution in [3.8, 4) is 0 Å². The Balaban J connectivity index is 2.82. The van der Waals surface area contributed by atoms with E-state index in [2.05, 4.69) is 20.6 Å². The molecule has 1 heterocycles. The molecule has 2 atom stereocenters. The molecule has 9 heteroatoms. The van der Waals surface area contributed by atoms with Gasteiger partial charge in [0, 0.05) is 18.3 Å². The molecule has 0 aliphatic heterocycles. The Bertz CT molecular complexity index is 515. The molecular weight excluding hydrogens is 290 g/mol. The number of nitrogens with zero attached hydrogens (tertiary/aromatic N) is 1. The first kappa shape index (κ1) is 17.6. The summed E-state index contributed by atoms with van der Waals surface area (Å²) in [5.74, 6) is -2.51.